The Bertz CT molecular complexity index is 541. The maximum absolute atomic E-state index is 4.74. The Labute approximate surface area is 109 Å². The molecule has 90 valence electrons. The first-order valence-corrected chi connectivity index (χ1v) is 6.88. The second kappa shape index (κ2) is 4.42. The highest BCUT2D eigenvalue weighted by atomic mass is 79.9. The van der Waals surface area contributed by atoms with Gasteiger partial charge in [0, 0.05) is 5.69 Å². The Hall–Kier alpha value is -0.870. The maximum atomic E-state index is 4.74. The van der Waals surface area contributed by atoms with Crippen LogP contribution in [-0.2, 0) is 6.42 Å². The number of hydrogen-bond donors (Lipinski definition) is 1. The van der Waals surface area contributed by atoms with E-state index < -0.39 is 0 Å². The van der Waals surface area contributed by atoms with Crippen LogP contribution in [0.3, 0.4) is 0 Å². The molecule has 0 amide bonds. The minimum Gasteiger partial charge on any atom is -0.316 e. The van der Waals surface area contributed by atoms with Crippen LogP contribution >= 0.6 is 15.9 Å². The molecular formula is C13H16BrN3. The van der Waals surface area contributed by atoms with Gasteiger partial charge in [-0.3, -0.25) is 4.40 Å². The van der Waals surface area contributed by atoms with Crippen molar-refractivity contribution in [3.8, 4) is 0 Å². The molecule has 0 aliphatic carbocycles. The van der Waals surface area contributed by atoms with Crippen molar-refractivity contribution in [2.45, 2.75) is 19.8 Å². The van der Waals surface area contributed by atoms with Gasteiger partial charge in [0.1, 0.15) is 5.65 Å². The zero-order valence-electron chi connectivity index (χ0n) is 9.91. The SMILES string of the molecule is Cc1c(CC2CCNC2)nc2cccc(Br)n12. The van der Waals surface area contributed by atoms with Crippen molar-refractivity contribution in [2.75, 3.05) is 13.1 Å². The van der Waals surface area contributed by atoms with Crippen LogP contribution in [0, 0.1) is 12.8 Å². The second-order valence-corrected chi connectivity index (χ2v) is 5.56. The Morgan fingerprint density at radius 1 is 1.53 bits per heavy atom. The molecule has 2 aromatic rings. The van der Waals surface area contributed by atoms with Crippen molar-refractivity contribution in [3.05, 3.63) is 34.2 Å². The van der Waals surface area contributed by atoms with Crippen LogP contribution in [0.4, 0.5) is 0 Å². The maximum Gasteiger partial charge on any atom is 0.138 e. The molecule has 0 radical (unpaired) electrons. The molecule has 3 rings (SSSR count). The normalized spacial score (nSPS) is 20.2. The van der Waals surface area contributed by atoms with Gasteiger partial charge in [-0.1, -0.05) is 6.07 Å². The molecule has 1 atom stereocenters. The van der Waals surface area contributed by atoms with E-state index in [4.69, 9.17) is 4.98 Å². The average Bonchev–Trinajstić information content (AvgIpc) is 2.90. The van der Waals surface area contributed by atoms with Gasteiger partial charge in [0.25, 0.3) is 0 Å². The molecule has 0 bridgehead atoms. The molecule has 1 unspecified atom stereocenters. The molecule has 0 aromatic carbocycles. The molecule has 1 saturated heterocycles. The van der Waals surface area contributed by atoms with Gasteiger partial charge in [-0.2, -0.15) is 0 Å². The van der Waals surface area contributed by atoms with E-state index in [2.05, 4.69) is 44.7 Å². The molecule has 1 N–H and O–H groups in total. The molecule has 0 saturated carbocycles. The summed E-state index contributed by atoms with van der Waals surface area (Å²) in [6, 6.07) is 6.16. The standard InChI is InChI=1S/C13H16BrN3/c1-9-11(7-10-5-6-15-8-10)16-13-4-2-3-12(14)17(9)13/h2-4,10,15H,5-8H2,1H3. The van der Waals surface area contributed by atoms with Crippen LogP contribution in [0.15, 0.2) is 22.8 Å². The van der Waals surface area contributed by atoms with Gasteiger partial charge in [0.15, 0.2) is 0 Å². The van der Waals surface area contributed by atoms with Gasteiger partial charge in [0.2, 0.25) is 0 Å². The number of aromatic nitrogens is 2. The Morgan fingerprint density at radius 2 is 2.41 bits per heavy atom. The van der Waals surface area contributed by atoms with E-state index in [9.17, 15) is 0 Å². The number of aryl methyl sites for hydroxylation is 1. The third-order valence-corrected chi connectivity index (χ3v) is 4.19. The number of hydrogen-bond acceptors (Lipinski definition) is 2. The van der Waals surface area contributed by atoms with Gasteiger partial charge in [0.05, 0.1) is 10.3 Å². The van der Waals surface area contributed by atoms with Crippen LogP contribution in [0.25, 0.3) is 5.65 Å². The first-order valence-electron chi connectivity index (χ1n) is 6.09. The van der Waals surface area contributed by atoms with Crippen LogP contribution in [0.2, 0.25) is 0 Å². The predicted molar refractivity (Wildman–Crippen MR) is 72.3 cm³/mol. The number of rotatable bonds is 2. The van der Waals surface area contributed by atoms with Crippen molar-refractivity contribution in [2.24, 2.45) is 5.92 Å². The molecule has 1 fully saturated rings. The molecular weight excluding hydrogens is 278 g/mol. The molecule has 4 heteroatoms. The largest absolute Gasteiger partial charge is 0.316 e. The average molecular weight is 294 g/mol. The summed E-state index contributed by atoms with van der Waals surface area (Å²) in [5.74, 6) is 0.748. The highest BCUT2D eigenvalue weighted by Gasteiger charge is 2.18. The minimum absolute atomic E-state index is 0.748. The summed E-state index contributed by atoms with van der Waals surface area (Å²) in [5.41, 5.74) is 3.54. The Morgan fingerprint density at radius 3 is 3.12 bits per heavy atom. The third kappa shape index (κ3) is 2.00. The number of nitrogens with zero attached hydrogens (tertiary/aromatic N) is 2. The number of nitrogens with one attached hydrogen (secondary N) is 1. The number of halogens is 1. The van der Waals surface area contributed by atoms with Gasteiger partial charge in [-0.05, 0) is 66.8 Å². The number of fused-ring (bicyclic) bond motifs is 1. The number of imidazole rings is 1. The van der Waals surface area contributed by atoms with E-state index in [1.54, 1.807) is 0 Å². The lowest BCUT2D eigenvalue weighted by Crippen LogP contribution is -2.11. The summed E-state index contributed by atoms with van der Waals surface area (Å²) in [6.07, 6.45) is 2.36. The van der Waals surface area contributed by atoms with E-state index in [1.807, 2.05) is 6.07 Å². The lowest BCUT2D eigenvalue weighted by atomic mass is 10.0. The van der Waals surface area contributed by atoms with Gasteiger partial charge in [-0.15, -0.1) is 0 Å². The quantitative estimate of drug-likeness (QED) is 0.863. The number of pyridine rings is 1. The molecule has 3 heterocycles. The van der Waals surface area contributed by atoms with E-state index in [-0.39, 0.29) is 0 Å². The molecule has 17 heavy (non-hydrogen) atoms. The van der Waals surface area contributed by atoms with E-state index >= 15 is 0 Å². The topological polar surface area (TPSA) is 29.3 Å². The summed E-state index contributed by atoms with van der Waals surface area (Å²) >= 11 is 3.58. The van der Waals surface area contributed by atoms with Gasteiger partial charge < -0.3 is 5.32 Å². The predicted octanol–water partition coefficient (Wildman–Crippen LogP) is 2.56. The Balaban J connectivity index is 1.99. The van der Waals surface area contributed by atoms with Crippen LogP contribution < -0.4 is 5.32 Å². The van der Waals surface area contributed by atoms with E-state index in [0.717, 1.165) is 35.7 Å². The minimum atomic E-state index is 0.748. The summed E-state index contributed by atoms with van der Waals surface area (Å²) in [4.78, 5) is 4.74. The molecule has 0 spiro atoms. The lowest BCUT2D eigenvalue weighted by Gasteiger charge is -2.06. The van der Waals surface area contributed by atoms with Crippen molar-refractivity contribution in [3.63, 3.8) is 0 Å². The van der Waals surface area contributed by atoms with Gasteiger partial charge in [-0.25, -0.2) is 4.98 Å². The summed E-state index contributed by atoms with van der Waals surface area (Å²) in [7, 11) is 0. The summed E-state index contributed by atoms with van der Waals surface area (Å²) in [6.45, 7) is 4.44. The van der Waals surface area contributed by atoms with Crippen molar-refractivity contribution < 1.29 is 0 Å². The highest BCUT2D eigenvalue weighted by Crippen LogP contribution is 2.22. The zero-order chi connectivity index (χ0) is 11.8. The summed E-state index contributed by atoms with van der Waals surface area (Å²) in [5, 5.41) is 3.41. The van der Waals surface area contributed by atoms with Crippen molar-refractivity contribution in [1.82, 2.24) is 14.7 Å². The van der Waals surface area contributed by atoms with Gasteiger partial charge >= 0.3 is 0 Å². The Kier molecular flexibility index (Phi) is 2.92. The summed E-state index contributed by atoms with van der Waals surface area (Å²) < 4.78 is 3.26. The first-order chi connectivity index (χ1) is 8.25. The highest BCUT2D eigenvalue weighted by molar-refractivity contribution is 9.10. The fraction of sp³-hybridized carbons (Fsp3) is 0.462. The fourth-order valence-corrected chi connectivity index (χ4v) is 3.20. The molecule has 1 aliphatic heterocycles. The van der Waals surface area contributed by atoms with Crippen molar-refractivity contribution >= 4 is 21.6 Å². The van der Waals surface area contributed by atoms with Crippen LogP contribution in [0.1, 0.15) is 17.8 Å². The first kappa shape index (κ1) is 11.2. The monoisotopic (exact) mass is 293 g/mol. The van der Waals surface area contributed by atoms with Crippen molar-refractivity contribution in [1.29, 1.82) is 0 Å². The molecule has 3 nitrogen and oxygen atoms in total. The third-order valence-electron chi connectivity index (χ3n) is 3.57. The smallest absolute Gasteiger partial charge is 0.138 e. The van der Waals surface area contributed by atoms with E-state index in [1.165, 1.54) is 17.8 Å². The van der Waals surface area contributed by atoms with Crippen LogP contribution in [0.5, 0.6) is 0 Å². The zero-order valence-corrected chi connectivity index (χ0v) is 11.5. The molecule has 1 aliphatic rings. The lowest BCUT2D eigenvalue weighted by molar-refractivity contribution is 0.571. The second-order valence-electron chi connectivity index (χ2n) is 4.75. The fourth-order valence-electron chi connectivity index (χ4n) is 2.60. The molecule has 2 aromatic heterocycles. The van der Waals surface area contributed by atoms with Crippen LogP contribution in [-0.4, -0.2) is 22.5 Å². The van der Waals surface area contributed by atoms with E-state index in [0.29, 0.717) is 0 Å².